The molecular formula is C13H24N2O2. The van der Waals surface area contributed by atoms with Crippen LogP contribution < -0.4 is 11.1 Å². The Morgan fingerprint density at radius 3 is 2.41 bits per heavy atom. The molecule has 0 spiro atoms. The van der Waals surface area contributed by atoms with Gasteiger partial charge in [-0.25, -0.2) is 4.79 Å². The highest BCUT2D eigenvalue weighted by atomic mass is 16.6. The second-order valence-electron chi connectivity index (χ2n) is 6.48. The van der Waals surface area contributed by atoms with Crippen molar-refractivity contribution in [3.8, 4) is 0 Å². The van der Waals surface area contributed by atoms with Crippen LogP contribution in [0, 0.1) is 5.92 Å². The molecule has 4 nitrogen and oxygen atoms in total. The Morgan fingerprint density at radius 1 is 1.35 bits per heavy atom. The summed E-state index contributed by atoms with van der Waals surface area (Å²) in [7, 11) is 0. The first kappa shape index (κ1) is 12.7. The summed E-state index contributed by atoms with van der Waals surface area (Å²) in [6.07, 6.45) is 5.20. The van der Waals surface area contributed by atoms with Crippen molar-refractivity contribution in [2.75, 3.05) is 0 Å². The van der Waals surface area contributed by atoms with Crippen molar-refractivity contribution in [2.45, 2.75) is 70.1 Å². The predicted octanol–water partition coefficient (Wildman–Crippen LogP) is 2.17. The molecule has 2 atom stereocenters. The third-order valence-electron chi connectivity index (χ3n) is 3.82. The number of alkyl carbamates (subject to hydrolysis) is 1. The summed E-state index contributed by atoms with van der Waals surface area (Å²) >= 11 is 0. The quantitative estimate of drug-likeness (QED) is 0.777. The summed E-state index contributed by atoms with van der Waals surface area (Å²) in [4.78, 5) is 11.8. The first-order valence-corrected chi connectivity index (χ1v) is 6.59. The second kappa shape index (κ2) is 4.16. The predicted molar refractivity (Wildman–Crippen MR) is 66.7 cm³/mol. The molecule has 0 radical (unpaired) electrons. The SMILES string of the molecule is CC(C)(C)OC(=O)NC1(C2CCCC2N)CC1. The smallest absolute Gasteiger partial charge is 0.408 e. The van der Waals surface area contributed by atoms with Gasteiger partial charge in [-0.2, -0.15) is 0 Å². The Balaban J connectivity index is 1.92. The number of nitrogens with two attached hydrogens (primary N) is 1. The van der Waals surface area contributed by atoms with Crippen molar-refractivity contribution in [2.24, 2.45) is 11.7 Å². The summed E-state index contributed by atoms with van der Waals surface area (Å²) in [5.41, 5.74) is 5.63. The lowest BCUT2D eigenvalue weighted by Gasteiger charge is -2.29. The van der Waals surface area contributed by atoms with Gasteiger partial charge in [0, 0.05) is 11.6 Å². The molecule has 0 aliphatic heterocycles. The van der Waals surface area contributed by atoms with Gasteiger partial charge in [0.05, 0.1) is 0 Å². The third-order valence-corrected chi connectivity index (χ3v) is 3.82. The van der Waals surface area contributed by atoms with E-state index in [9.17, 15) is 4.79 Å². The fraction of sp³-hybridized carbons (Fsp3) is 0.923. The van der Waals surface area contributed by atoms with Crippen LogP contribution in [0.5, 0.6) is 0 Å². The summed E-state index contributed by atoms with van der Waals surface area (Å²) in [6, 6.07) is 0.243. The maximum atomic E-state index is 11.8. The average Bonchev–Trinajstić information content (AvgIpc) is 2.77. The molecule has 0 aromatic rings. The molecule has 0 heterocycles. The van der Waals surface area contributed by atoms with Crippen LogP contribution in [0.3, 0.4) is 0 Å². The minimum atomic E-state index is -0.433. The molecule has 1 amide bonds. The lowest BCUT2D eigenvalue weighted by Crippen LogP contribution is -2.48. The molecule has 2 fully saturated rings. The maximum absolute atomic E-state index is 11.8. The van der Waals surface area contributed by atoms with Crippen molar-refractivity contribution in [3.05, 3.63) is 0 Å². The summed E-state index contributed by atoms with van der Waals surface area (Å²) in [5, 5.41) is 3.06. The monoisotopic (exact) mass is 240 g/mol. The molecule has 2 rings (SSSR count). The number of ether oxygens (including phenoxy) is 1. The van der Waals surface area contributed by atoms with Crippen LogP contribution in [0.1, 0.15) is 52.9 Å². The van der Waals surface area contributed by atoms with Crippen LogP contribution in [0.2, 0.25) is 0 Å². The highest BCUT2D eigenvalue weighted by molar-refractivity contribution is 5.69. The molecular weight excluding hydrogens is 216 g/mol. The molecule has 2 unspecified atom stereocenters. The third kappa shape index (κ3) is 2.92. The van der Waals surface area contributed by atoms with E-state index in [1.165, 1.54) is 6.42 Å². The highest BCUT2D eigenvalue weighted by Crippen LogP contribution is 2.48. The molecule has 98 valence electrons. The van der Waals surface area contributed by atoms with Crippen molar-refractivity contribution in [3.63, 3.8) is 0 Å². The van der Waals surface area contributed by atoms with Crippen LogP contribution >= 0.6 is 0 Å². The summed E-state index contributed by atoms with van der Waals surface area (Å²) in [5.74, 6) is 0.440. The molecule has 0 aromatic heterocycles. The van der Waals surface area contributed by atoms with E-state index in [2.05, 4.69) is 5.32 Å². The van der Waals surface area contributed by atoms with Gasteiger partial charge in [0.15, 0.2) is 0 Å². The zero-order valence-corrected chi connectivity index (χ0v) is 11.1. The highest BCUT2D eigenvalue weighted by Gasteiger charge is 2.53. The minimum Gasteiger partial charge on any atom is -0.444 e. The van der Waals surface area contributed by atoms with Crippen LogP contribution in [-0.2, 0) is 4.74 Å². The van der Waals surface area contributed by atoms with Crippen LogP contribution in [-0.4, -0.2) is 23.3 Å². The molecule has 3 N–H and O–H groups in total. The Morgan fingerprint density at radius 2 is 2.00 bits per heavy atom. The molecule has 0 bridgehead atoms. The van der Waals surface area contributed by atoms with E-state index in [4.69, 9.17) is 10.5 Å². The minimum absolute atomic E-state index is 0.0573. The lowest BCUT2D eigenvalue weighted by molar-refractivity contribution is 0.0472. The zero-order valence-electron chi connectivity index (χ0n) is 11.1. The van der Waals surface area contributed by atoms with E-state index < -0.39 is 5.60 Å². The molecule has 2 aliphatic carbocycles. The Kier molecular flexibility index (Phi) is 3.10. The van der Waals surface area contributed by atoms with Crippen molar-refractivity contribution in [1.82, 2.24) is 5.32 Å². The van der Waals surface area contributed by atoms with Crippen molar-refractivity contribution in [1.29, 1.82) is 0 Å². The zero-order chi connectivity index (χ0) is 12.7. The number of hydrogen-bond donors (Lipinski definition) is 2. The fourth-order valence-electron chi connectivity index (χ4n) is 2.90. The first-order valence-electron chi connectivity index (χ1n) is 6.59. The largest absolute Gasteiger partial charge is 0.444 e. The van der Waals surface area contributed by atoms with Gasteiger partial charge < -0.3 is 15.8 Å². The Labute approximate surface area is 103 Å². The number of rotatable bonds is 2. The normalized spacial score (nSPS) is 31.1. The van der Waals surface area contributed by atoms with Gasteiger partial charge in [0.1, 0.15) is 5.60 Å². The summed E-state index contributed by atoms with van der Waals surface area (Å²) < 4.78 is 5.32. The summed E-state index contributed by atoms with van der Waals surface area (Å²) in [6.45, 7) is 5.65. The van der Waals surface area contributed by atoms with Crippen LogP contribution in [0.15, 0.2) is 0 Å². The lowest BCUT2D eigenvalue weighted by atomic mass is 9.92. The van der Waals surface area contributed by atoms with E-state index in [0.29, 0.717) is 5.92 Å². The van der Waals surface area contributed by atoms with Gasteiger partial charge in [-0.1, -0.05) is 6.42 Å². The molecule has 0 aromatic carbocycles. The standard InChI is InChI=1S/C13H24N2O2/c1-12(2,3)17-11(16)15-13(7-8-13)9-5-4-6-10(9)14/h9-10H,4-8,14H2,1-3H3,(H,15,16). The molecule has 2 saturated carbocycles. The van der Waals surface area contributed by atoms with Crippen molar-refractivity contribution < 1.29 is 9.53 Å². The van der Waals surface area contributed by atoms with E-state index in [1.54, 1.807) is 0 Å². The van der Waals surface area contributed by atoms with E-state index in [0.717, 1.165) is 25.7 Å². The number of carbonyl (C=O) groups is 1. The molecule has 17 heavy (non-hydrogen) atoms. The van der Waals surface area contributed by atoms with Crippen LogP contribution in [0.25, 0.3) is 0 Å². The number of nitrogens with one attached hydrogen (secondary N) is 1. The van der Waals surface area contributed by atoms with Crippen molar-refractivity contribution >= 4 is 6.09 Å². The molecule has 4 heteroatoms. The number of amides is 1. The van der Waals surface area contributed by atoms with E-state index in [-0.39, 0.29) is 17.7 Å². The van der Waals surface area contributed by atoms with Gasteiger partial charge in [0.25, 0.3) is 0 Å². The Bertz CT molecular complexity index is 305. The average molecular weight is 240 g/mol. The van der Waals surface area contributed by atoms with Gasteiger partial charge in [0.2, 0.25) is 0 Å². The Hall–Kier alpha value is -0.770. The topological polar surface area (TPSA) is 64.3 Å². The molecule has 0 saturated heterocycles. The van der Waals surface area contributed by atoms with Gasteiger partial charge in [-0.05, 0) is 52.4 Å². The fourth-order valence-corrected chi connectivity index (χ4v) is 2.90. The second-order valence-corrected chi connectivity index (χ2v) is 6.48. The van der Waals surface area contributed by atoms with Gasteiger partial charge >= 0.3 is 6.09 Å². The molecule has 2 aliphatic rings. The first-order chi connectivity index (χ1) is 7.82. The van der Waals surface area contributed by atoms with E-state index in [1.807, 2.05) is 20.8 Å². The van der Waals surface area contributed by atoms with E-state index >= 15 is 0 Å². The van der Waals surface area contributed by atoms with Gasteiger partial charge in [-0.3, -0.25) is 0 Å². The van der Waals surface area contributed by atoms with Gasteiger partial charge in [-0.15, -0.1) is 0 Å². The maximum Gasteiger partial charge on any atom is 0.408 e. The number of hydrogen-bond acceptors (Lipinski definition) is 3. The van der Waals surface area contributed by atoms with Crippen LogP contribution in [0.4, 0.5) is 4.79 Å². The number of carbonyl (C=O) groups excluding carboxylic acids is 1.